The zero-order valence-corrected chi connectivity index (χ0v) is 12.8. The van der Waals surface area contributed by atoms with Crippen molar-refractivity contribution in [2.45, 2.75) is 37.6 Å². The lowest BCUT2D eigenvalue weighted by Crippen LogP contribution is -2.36. The van der Waals surface area contributed by atoms with Gasteiger partial charge in [0.15, 0.2) is 0 Å². The lowest BCUT2D eigenvalue weighted by atomic mass is 9.96. The van der Waals surface area contributed by atoms with Crippen molar-refractivity contribution in [1.82, 2.24) is 14.8 Å². The molecular formula is C17H18FN5. The van der Waals surface area contributed by atoms with Crippen LogP contribution < -0.4 is 4.90 Å². The van der Waals surface area contributed by atoms with Gasteiger partial charge in [-0.3, -0.25) is 0 Å². The van der Waals surface area contributed by atoms with E-state index in [1.54, 1.807) is 6.07 Å². The molecule has 118 valence electrons. The maximum absolute atomic E-state index is 13.9. The Kier molecular flexibility index (Phi) is 3.49. The van der Waals surface area contributed by atoms with Crippen LogP contribution >= 0.6 is 0 Å². The lowest BCUT2D eigenvalue weighted by molar-refractivity contribution is 0.470. The van der Waals surface area contributed by atoms with Crippen LogP contribution in [0.1, 0.15) is 49.0 Å². The third-order valence-corrected chi connectivity index (χ3v) is 4.77. The van der Waals surface area contributed by atoms with Crippen LogP contribution in [-0.4, -0.2) is 27.9 Å². The number of anilines is 1. The molecule has 1 saturated carbocycles. The van der Waals surface area contributed by atoms with Crippen molar-refractivity contribution in [3.63, 3.8) is 0 Å². The molecule has 23 heavy (non-hydrogen) atoms. The third-order valence-electron chi connectivity index (χ3n) is 4.77. The molecule has 2 aromatic rings. The predicted octanol–water partition coefficient (Wildman–Crippen LogP) is 3.01. The first-order chi connectivity index (χ1) is 11.3. The molecule has 1 atom stereocenters. The predicted molar refractivity (Wildman–Crippen MR) is 83.6 cm³/mol. The summed E-state index contributed by atoms with van der Waals surface area (Å²) in [6, 6.07) is 7.39. The molecule has 1 saturated heterocycles. The molecule has 0 bridgehead atoms. The van der Waals surface area contributed by atoms with Crippen LogP contribution in [0.2, 0.25) is 0 Å². The Morgan fingerprint density at radius 3 is 2.91 bits per heavy atom. The van der Waals surface area contributed by atoms with Crippen molar-refractivity contribution in [2.24, 2.45) is 0 Å². The highest BCUT2D eigenvalue weighted by Crippen LogP contribution is 2.38. The van der Waals surface area contributed by atoms with Gasteiger partial charge in [-0.15, -0.1) is 10.2 Å². The smallest absolute Gasteiger partial charge is 0.143 e. The van der Waals surface area contributed by atoms with Crippen LogP contribution in [0.15, 0.2) is 24.5 Å². The minimum atomic E-state index is -0.451. The average Bonchev–Trinajstić information content (AvgIpc) is 3.31. The van der Waals surface area contributed by atoms with E-state index in [-0.39, 0.29) is 11.5 Å². The maximum atomic E-state index is 13.9. The van der Waals surface area contributed by atoms with E-state index in [1.165, 1.54) is 18.9 Å². The van der Waals surface area contributed by atoms with E-state index in [0.29, 0.717) is 11.7 Å². The maximum Gasteiger partial charge on any atom is 0.143 e. The van der Waals surface area contributed by atoms with Crippen molar-refractivity contribution in [3.8, 4) is 6.07 Å². The molecule has 0 spiro atoms. The van der Waals surface area contributed by atoms with Crippen molar-refractivity contribution in [1.29, 1.82) is 5.26 Å². The monoisotopic (exact) mass is 311 g/mol. The Morgan fingerprint density at radius 1 is 1.26 bits per heavy atom. The van der Waals surface area contributed by atoms with Gasteiger partial charge >= 0.3 is 0 Å². The number of hydrogen-bond donors (Lipinski definition) is 0. The fraction of sp³-hybridized carbons (Fsp3) is 0.471. The van der Waals surface area contributed by atoms with Gasteiger partial charge in [-0.2, -0.15) is 5.26 Å². The molecule has 0 N–H and O–H groups in total. The van der Waals surface area contributed by atoms with Crippen LogP contribution in [0.3, 0.4) is 0 Å². The summed E-state index contributed by atoms with van der Waals surface area (Å²) in [6.07, 6.45) is 6.28. The molecule has 2 fully saturated rings. The van der Waals surface area contributed by atoms with Gasteiger partial charge < -0.3 is 9.47 Å². The van der Waals surface area contributed by atoms with Gasteiger partial charge in [0.25, 0.3) is 0 Å². The SMILES string of the molecule is N#Cc1c(F)cccc1N1CCCC(c2nncn2C2CC2)C1. The van der Waals surface area contributed by atoms with Gasteiger partial charge in [-0.05, 0) is 37.8 Å². The number of rotatable bonds is 3. The van der Waals surface area contributed by atoms with E-state index < -0.39 is 5.82 Å². The van der Waals surface area contributed by atoms with E-state index in [0.717, 1.165) is 31.8 Å². The number of halogens is 1. The summed E-state index contributed by atoms with van der Waals surface area (Å²) in [7, 11) is 0. The second-order valence-corrected chi connectivity index (χ2v) is 6.36. The Hall–Kier alpha value is -2.42. The van der Waals surface area contributed by atoms with Crippen molar-refractivity contribution in [2.75, 3.05) is 18.0 Å². The normalized spacial score (nSPS) is 21.2. The Bertz CT molecular complexity index is 759. The summed E-state index contributed by atoms with van der Waals surface area (Å²) in [5, 5.41) is 17.7. The summed E-state index contributed by atoms with van der Waals surface area (Å²) in [4.78, 5) is 2.11. The van der Waals surface area contributed by atoms with Gasteiger partial charge in [-0.25, -0.2) is 4.39 Å². The number of benzene rings is 1. The van der Waals surface area contributed by atoms with Gasteiger partial charge in [0.1, 0.15) is 29.6 Å². The van der Waals surface area contributed by atoms with E-state index >= 15 is 0 Å². The van der Waals surface area contributed by atoms with Crippen LogP contribution in [0.5, 0.6) is 0 Å². The van der Waals surface area contributed by atoms with E-state index in [2.05, 4.69) is 19.7 Å². The summed E-state index contributed by atoms with van der Waals surface area (Å²) < 4.78 is 16.1. The van der Waals surface area contributed by atoms with Gasteiger partial charge in [0, 0.05) is 25.0 Å². The highest BCUT2D eigenvalue weighted by Gasteiger charge is 2.32. The highest BCUT2D eigenvalue weighted by molar-refractivity contribution is 5.60. The fourth-order valence-electron chi connectivity index (χ4n) is 3.47. The van der Waals surface area contributed by atoms with Gasteiger partial charge in [-0.1, -0.05) is 6.07 Å². The minimum absolute atomic E-state index is 0.136. The number of nitrogens with zero attached hydrogens (tertiary/aromatic N) is 5. The molecule has 1 aromatic heterocycles. The largest absolute Gasteiger partial charge is 0.370 e. The standard InChI is InChI=1S/C17H18FN5/c18-15-4-1-5-16(14(15)9-19)22-8-2-3-12(10-22)17-21-20-11-23(17)13-6-7-13/h1,4-5,11-13H,2-3,6-8,10H2. The zero-order valence-electron chi connectivity index (χ0n) is 12.8. The quantitative estimate of drug-likeness (QED) is 0.874. The van der Waals surface area contributed by atoms with Crippen LogP contribution in [0.25, 0.3) is 0 Å². The molecule has 6 heteroatoms. The number of hydrogen-bond acceptors (Lipinski definition) is 4. The highest BCUT2D eigenvalue weighted by atomic mass is 19.1. The summed E-state index contributed by atoms with van der Waals surface area (Å²) in [6.45, 7) is 1.59. The van der Waals surface area contributed by atoms with Gasteiger partial charge in [0.2, 0.25) is 0 Å². The molecule has 2 aliphatic rings. The van der Waals surface area contributed by atoms with Crippen molar-refractivity contribution in [3.05, 3.63) is 41.7 Å². The number of piperidine rings is 1. The second-order valence-electron chi connectivity index (χ2n) is 6.36. The van der Waals surface area contributed by atoms with Crippen molar-refractivity contribution >= 4 is 5.69 Å². The fourth-order valence-corrected chi connectivity index (χ4v) is 3.47. The summed E-state index contributed by atoms with van der Waals surface area (Å²) in [5.41, 5.74) is 0.825. The Labute approximate surface area is 134 Å². The third kappa shape index (κ3) is 2.56. The summed E-state index contributed by atoms with van der Waals surface area (Å²) >= 11 is 0. The summed E-state index contributed by atoms with van der Waals surface area (Å²) in [5.74, 6) is 0.863. The number of nitriles is 1. The van der Waals surface area contributed by atoms with Crippen LogP contribution in [0, 0.1) is 17.1 Å². The first-order valence-corrected chi connectivity index (χ1v) is 8.11. The molecule has 5 nitrogen and oxygen atoms in total. The van der Waals surface area contributed by atoms with E-state index in [9.17, 15) is 9.65 Å². The average molecular weight is 311 g/mol. The Morgan fingerprint density at radius 2 is 2.13 bits per heavy atom. The molecule has 0 radical (unpaired) electrons. The second kappa shape index (κ2) is 5.65. The molecule has 4 rings (SSSR count). The molecule has 1 aliphatic heterocycles. The van der Waals surface area contributed by atoms with Crippen LogP contribution in [0.4, 0.5) is 10.1 Å². The first kappa shape index (κ1) is 14.2. The molecule has 1 aliphatic carbocycles. The van der Waals surface area contributed by atoms with E-state index in [1.807, 2.05) is 18.5 Å². The molecule has 2 heterocycles. The zero-order chi connectivity index (χ0) is 15.8. The molecule has 1 aromatic carbocycles. The van der Waals surface area contributed by atoms with E-state index in [4.69, 9.17) is 0 Å². The number of aromatic nitrogens is 3. The molecular weight excluding hydrogens is 293 g/mol. The lowest BCUT2D eigenvalue weighted by Gasteiger charge is -2.34. The van der Waals surface area contributed by atoms with Crippen molar-refractivity contribution < 1.29 is 4.39 Å². The Balaban J connectivity index is 1.61. The molecule has 0 amide bonds. The van der Waals surface area contributed by atoms with Crippen LogP contribution in [-0.2, 0) is 0 Å². The topological polar surface area (TPSA) is 57.7 Å². The minimum Gasteiger partial charge on any atom is -0.370 e. The van der Waals surface area contributed by atoms with Gasteiger partial charge in [0.05, 0.1) is 5.69 Å². The first-order valence-electron chi connectivity index (χ1n) is 8.11. The molecule has 1 unspecified atom stereocenters.